The van der Waals surface area contributed by atoms with Gasteiger partial charge in [0.25, 0.3) is 5.91 Å². The quantitative estimate of drug-likeness (QED) is 0.597. The third kappa shape index (κ3) is 4.71. The van der Waals surface area contributed by atoms with Gasteiger partial charge in [-0.25, -0.2) is 13.2 Å². The van der Waals surface area contributed by atoms with E-state index in [1.54, 1.807) is 17.4 Å². The van der Waals surface area contributed by atoms with Crippen LogP contribution in [0.4, 0.5) is 18.9 Å². The Morgan fingerprint density at radius 1 is 0.893 bits per heavy atom. The third-order valence-electron chi connectivity index (χ3n) is 4.24. The summed E-state index contributed by atoms with van der Waals surface area (Å²) in [4.78, 5) is 12.2. The molecule has 3 aromatic rings. The van der Waals surface area contributed by atoms with Crippen LogP contribution in [0.3, 0.4) is 0 Å². The Hall–Kier alpha value is -2.83. The van der Waals surface area contributed by atoms with Crippen LogP contribution in [-0.2, 0) is 4.79 Å². The van der Waals surface area contributed by atoms with Crippen molar-refractivity contribution in [1.82, 2.24) is 0 Å². The van der Waals surface area contributed by atoms with E-state index < -0.39 is 29.0 Å². The van der Waals surface area contributed by atoms with Gasteiger partial charge in [-0.1, -0.05) is 54.1 Å². The molecule has 7 heteroatoms. The zero-order valence-electron chi connectivity index (χ0n) is 14.6. The summed E-state index contributed by atoms with van der Waals surface area (Å²) in [6, 6.07) is 18.3. The first-order valence-corrected chi connectivity index (χ1v) is 8.90. The number of amides is 1. The van der Waals surface area contributed by atoms with Gasteiger partial charge in [0, 0.05) is 16.1 Å². The van der Waals surface area contributed by atoms with Crippen LogP contribution in [0.15, 0.2) is 66.7 Å². The smallest absolute Gasteiger partial charge is 0.279 e. The van der Waals surface area contributed by atoms with Gasteiger partial charge < -0.3 is 10.6 Å². The van der Waals surface area contributed by atoms with E-state index >= 15 is 0 Å². The number of rotatable bonds is 6. The molecule has 0 bridgehead atoms. The molecule has 0 aromatic heterocycles. The van der Waals surface area contributed by atoms with Gasteiger partial charge in [-0.2, -0.15) is 0 Å². The van der Waals surface area contributed by atoms with Gasteiger partial charge in [0.15, 0.2) is 24.0 Å². The second-order valence-corrected chi connectivity index (χ2v) is 6.59. The van der Waals surface area contributed by atoms with E-state index in [-0.39, 0.29) is 12.6 Å². The molecule has 0 aliphatic rings. The van der Waals surface area contributed by atoms with Crippen molar-refractivity contribution >= 4 is 23.2 Å². The molecule has 3 N–H and O–H groups in total. The molecule has 144 valence electrons. The predicted octanol–water partition coefficient (Wildman–Crippen LogP) is 4.05. The average molecular weight is 406 g/mol. The SMILES string of the molecule is O=C(C[NH2+][C@@H](c1ccccc1)c1ccc(Cl)cc1)Nc1ccc(F)c(F)c1F. The molecule has 0 heterocycles. The van der Waals surface area contributed by atoms with Crippen LogP contribution < -0.4 is 10.6 Å². The lowest BCUT2D eigenvalue weighted by Gasteiger charge is -2.17. The Bertz CT molecular complexity index is 965. The Balaban J connectivity index is 1.74. The number of hydrogen-bond acceptors (Lipinski definition) is 1. The highest BCUT2D eigenvalue weighted by Gasteiger charge is 2.20. The van der Waals surface area contributed by atoms with Crippen molar-refractivity contribution in [2.75, 3.05) is 11.9 Å². The summed E-state index contributed by atoms with van der Waals surface area (Å²) in [6.45, 7) is -0.0549. The molecule has 0 unspecified atom stereocenters. The lowest BCUT2D eigenvalue weighted by molar-refractivity contribution is -0.676. The molecule has 1 atom stereocenters. The standard InChI is InChI=1S/C21H16ClF3N2O/c22-15-8-6-14(7-9-15)21(13-4-2-1-3-5-13)26-12-18(28)27-17-11-10-16(23)19(24)20(17)25/h1-11,21,26H,12H2,(H,27,28)/p+1/t21-/m0/s1. The molecule has 0 saturated heterocycles. The van der Waals surface area contributed by atoms with Crippen LogP contribution >= 0.6 is 11.6 Å². The normalized spacial score (nSPS) is 11.9. The predicted molar refractivity (Wildman–Crippen MR) is 101 cm³/mol. The summed E-state index contributed by atoms with van der Waals surface area (Å²) < 4.78 is 40.1. The number of carbonyl (C=O) groups is 1. The fourth-order valence-corrected chi connectivity index (χ4v) is 2.97. The first-order chi connectivity index (χ1) is 13.5. The minimum Gasteiger partial charge on any atom is -0.328 e. The number of hydrogen-bond donors (Lipinski definition) is 2. The van der Waals surface area contributed by atoms with Crippen molar-refractivity contribution in [3.05, 3.63) is 100 Å². The molecule has 0 aliphatic carbocycles. The van der Waals surface area contributed by atoms with Crippen molar-refractivity contribution in [2.24, 2.45) is 0 Å². The van der Waals surface area contributed by atoms with Gasteiger partial charge in [0.05, 0.1) is 5.69 Å². The highest BCUT2D eigenvalue weighted by Crippen LogP contribution is 2.21. The fourth-order valence-electron chi connectivity index (χ4n) is 2.84. The van der Waals surface area contributed by atoms with E-state index in [1.165, 1.54) is 0 Å². The molecule has 0 radical (unpaired) electrons. The summed E-state index contributed by atoms with van der Waals surface area (Å²) in [5, 5.41) is 4.64. The van der Waals surface area contributed by atoms with Crippen molar-refractivity contribution < 1.29 is 23.3 Å². The highest BCUT2D eigenvalue weighted by atomic mass is 35.5. The molecular weight excluding hydrogens is 389 g/mol. The minimum absolute atomic E-state index is 0.0549. The molecule has 0 spiro atoms. The molecule has 3 nitrogen and oxygen atoms in total. The van der Waals surface area contributed by atoms with Crippen molar-refractivity contribution in [2.45, 2.75) is 6.04 Å². The average Bonchev–Trinajstić information content (AvgIpc) is 2.71. The van der Waals surface area contributed by atoms with Crippen LogP contribution in [0.1, 0.15) is 17.2 Å². The Morgan fingerprint density at radius 3 is 2.21 bits per heavy atom. The third-order valence-corrected chi connectivity index (χ3v) is 4.49. The number of anilines is 1. The van der Waals surface area contributed by atoms with Crippen LogP contribution in [0.2, 0.25) is 5.02 Å². The molecule has 0 aliphatic heterocycles. The van der Waals surface area contributed by atoms with Gasteiger partial charge in [-0.15, -0.1) is 0 Å². The van der Waals surface area contributed by atoms with Gasteiger partial charge in [-0.05, 0) is 24.3 Å². The first-order valence-electron chi connectivity index (χ1n) is 8.53. The summed E-state index contributed by atoms with van der Waals surface area (Å²) in [6.07, 6.45) is 0. The maximum Gasteiger partial charge on any atom is 0.279 e. The van der Waals surface area contributed by atoms with Crippen LogP contribution in [-0.4, -0.2) is 12.5 Å². The Kier molecular flexibility index (Phi) is 6.34. The molecule has 0 fully saturated rings. The number of halogens is 4. The van der Waals surface area contributed by atoms with Crippen molar-refractivity contribution in [3.63, 3.8) is 0 Å². The molecule has 1 amide bonds. The summed E-state index contributed by atoms with van der Waals surface area (Å²) in [5.74, 6) is -4.90. The number of quaternary nitrogens is 1. The van der Waals surface area contributed by atoms with Crippen LogP contribution in [0, 0.1) is 17.5 Å². The second kappa shape index (κ2) is 8.91. The lowest BCUT2D eigenvalue weighted by atomic mass is 9.99. The van der Waals surface area contributed by atoms with Crippen molar-refractivity contribution in [3.8, 4) is 0 Å². The molecular formula is C21H17ClF3N2O+. The van der Waals surface area contributed by atoms with Gasteiger partial charge in [0.1, 0.15) is 6.04 Å². The zero-order valence-corrected chi connectivity index (χ0v) is 15.4. The van der Waals surface area contributed by atoms with E-state index in [1.807, 2.05) is 42.5 Å². The van der Waals surface area contributed by atoms with Crippen LogP contribution in [0.5, 0.6) is 0 Å². The molecule has 3 aromatic carbocycles. The van der Waals surface area contributed by atoms with Gasteiger partial charge in [0.2, 0.25) is 0 Å². The van der Waals surface area contributed by atoms with E-state index in [0.29, 0.717) is 5.02 Å². The summed E-state index contributed by atoms with van der Waals surface area (Å²) in [7, 11) is 0. The monoisotopic (exact) mass is 405 g/mol. The number of nitrogens with one attached hydrogen (secondary N) is 1. The summed E-state index contributed by atoms with van der Waals surface area (Å²) in [5.41, 5.74) is 1.50. The van der Waals surface area contributed by atoms with Crippen LogP contribution in [0.25, 0.3) is 0 Å². The van der Waals surface area contributed by atoms with E-state index in [2.05, 4.69) is 5.32 Å². The summed E-state index contributed by atoms with van der Waals surface area (Å²) >= 11 is 5.95. The topological polar surface area (TPSA) is 45.7 Å². The van der Waals surface area contributed by atoms with Gasteiger partial charge in [-0.3, -0.25) is 4.79 Å². The van der Waals surface area contributed by atoms with E-state index in [9.17, 15) is 18.0 Å². The number of nitrogens with two attached hydrogens (primary N) is 1. The largest absolute Gasteiger partial charge is 0.328 e. The molecule has 0 saturated carbocycles. The minimum atomic E-state index is -1.62. The lowest BCUT2D eigenvalue weighted by Crippen LogP contribution is -2.87. The highest BCUT2D eigenvalue weighted by molar-refractivity contribution is 6.30. The fraction of sp³-hybridized carbons (Fsp3) is 0.0952. The van der Waals surface area contributed by atoms with Crippen molar-refractivity contribution in [1.29, 1.82) is 0 Å². The van der Waals surface area contributed by atoms with E-state index in [0.717, 1.165) is 23.3 Å². The number of benzene rings is 3. The second-order valence-electron chi connectivity index (χ2n) is 6.15. The Morgan fingerprint density at radius 2 is 1.54 bits per heavy atom. The molecule has 28 heavy (non-hydrogen) atoms. The van der Waals surface area contributed by atoms with Gasteiger partial charge >= 0.3 is 0 Å². The first kappa shape index (κ1) is 19.9. The van der Waals surface area contributed by atoms with E-state index in [4.69, 9.17) is 11.6 Å². The maximum absolute atomic E-state index is 13.7. The maximum atomic E-state index is 13.7. The molecule has 3 rings (SSSR count). The Labute approximate surface area is 165 Å². The zero-order chi connectivity index (χ0) is 20.1. The number of carbonyl (C=O) groups excluding carboxylic acids is 1.